The summed E-state index contributed by atoms with van der Waals surface area (Å²) in [6.45, 7) is 6.04. The fraction of sp³-hybridized carbons (Fsp3) is 0.261. The Bertz CT molecular complexity index is 1300. The van der Waals surface area contributed by atoms with Crippen LogP contribution >= 0.6 is 23.2 Å². The SMILES string of the molecule is Cc1cc2c(n1-c1ccc(NS(=O)(=O)c3ccccc3)c(Cl)c1Cl)CC(C)(C)CC2=O. The minimum atomic E-state index is -3.81. The molecule has 3 aromatic rings. The average molecular weight is 477 g/mol. The lowest BCUT2D eigenvalue weighted by Crippen LogP contribution is -2.27. The molecule has 8 heteroatoms. The zero-order chi connectivity index (χ0) is 22.6. The lowest BCUT2D eigenvalue weighted by molar-refractivity contribution is 0.0911. The van der Waals surface area contributed by atoms with Gasteiger partial charge in [0.2, 0.25) is 0 Å². The van der Waals surface area contributed by atoms with Gasteiger partial charge in [-0.3, -0.25) is 9.52 Å². The Morgan fingerprint density at radius 2 is 1.68 bits per heavy atom. The maximum atomic E-state index is 12.7. The van der Waals surface area contributed by atoms with Crippen LogP contribution in [0.25, 0.3) is 5.69 Å². The molecule has 31 heavy (non-hydrogen) atoms. The number of benzene rings is 2. The van der Waals surface area contributed by atoms with Crippen LogP contribution < -0.4 is 4.72 Å². The molecular formula is C23H22Cl2N2O3S. The summed E-state index contributed by atoms with van der Waals surface area (Å²) in [5, 5.41) is 0.314. The van der Waals surface area contributed by atoms with Crippen LogP contribution in [0.15, 0.2) is 53.4 Å². The highest BCUT2D eigenvalue weighted by atomic mass is 35.5. The second-order valence-corrected chi connectivity index (χ2v) is 11.0. The van der Waals surface area contributed by atoms with Gasteiger partial charge in [-0.2, -0.15) is 0 Å². The molecule has 0 saturated carbocycles. The summed E-state index contributed by atoms with van der Waals surface area (Å²) in [7, 11) is -3.81. The molecule has 0 bridgehead atoms. The topological polar surface area (TPSA) is 68.2 Å². The van der Waals surface area contributed by atoms with Crippen LogP contribution in [0.3, 0.4) is 0 Å². The fourth-order valence-corrected chi connectivity index (χ4v) is 5.69. The summed E-state index contributed by atoms with van der Waals surface area (Å²) in [5.41, 5.74) is 3.11. The van der Waals surface area contributed by atoms with Crippen LogP contribution in [-0.2, 0) is 16.4 Å². The number of carbonyl (C=O) groups is 1. The van der Waals surface area contributed by atoms with Crippen molar-refractivity contribution in [3.8, 4) is 5.69 Å². The van der Waals surface area contributed by atoms with Gasteiger partial charge in [0.25, 0.3) is 10.0 Å². The van der Waals surface area contributed by atoms with Crippen molar-refractivity contribution >= 4 is 44.7 Å². The second-order valence-electron chi connectivity index (χ2n) is 8.60. The molecule has 0 spiro atoms. The van der Waals surface area contributed by atoms with Gasteiger partial charge in [-0.1, -0.05) is 55.2 Å². The third kappa shape index (κ3) is 4.00. The minimum Gasteiger partial charge on any atom is -0.316 e. The van der Waals surface area contributed by atoms with E-state index in [4.69, 9.17) is 23.2 Å². The van der Waals surface area contributed by atoms with E-state index in [1.165, 1.54) is 12.1 Å². The summed E-state index contributed by atoms with van der Waals surface area (Å²) in [6, 6.07) is 13.2. The van der Waals surface area contributed by atoms with E-state index in [1.807, 2.05) is 17.6 Å². The van der Waals surface area contributed by atoms with E-state index < -0.39 is 10.0 Å². The van der Waals surface area contributed by atoms with Crippen LogP contribution in [0.1, 0.15) is 42.0 Å². The maximum Gasteiger partial charge on any atom is 0.261 e. The molecule has 0 unspecified atom stereocenters. The normalized spacial score (nSPS) is 15.6. The Labute approximate surface area is 192 Å². The Hall–Kier alpha value is -2.28. The van der Waals surface area contributed by atoms with Gasteiger partial charge in [0.1, 0.15) is 0 Å². The first kappa shape index (κ1) is 21.9. The molecule has 0 atom stereocenters. The van der Waals surface area contributed by atoms with Crippen LogP contribution in [0.5, 0.6) is 0 Å². The summed E-state index contributed by atoms with van der Waals surface area (Å²) >= 11 is 13.1. The molecule has 0 fully saturated rings. The van der Waals surface area contributed by atoms with Gasteiger partial charge in [-0.25, -0.2) is 8.42 Å². The van der Waals surface area contributed by atoms with Gasteiger partial charge in [-0.05, 0) is 49.1 Å². The number of carbonyl (C=O) groups excluding carboxylic acids is 1. The van der Waals surface area contributed by atoms with E-state index in [-0.39, 0.29) is 31.8 Å². The van der Waals surface area contributed by atoms with E-state index in [0.717, 1.165) is 17.8 Å². The number of aryl methyl sites for hydroxylation is 1. The van der Waals surface area contributed by atoms with Gasteiger partial charge in [0.05, 0.1) is 26.3 Å². The Balaban J connectivity index is 1.77. The molecule has 0 radical (unpaired) electrons. The van der Waals surface area contributed by atoms with Crippen molar-refractivity contribution in [3.05, 3.63) is 75.5 Å². The molecule has 1 aromatic heterocycles. The molecule has 162 valence electrons. The number of aromatic nitrogens is 1. The predicted molar refractivity (Wildman–Crippen MR) is 124 cm³/mol. The molecule has 1 aliphatic carbocycles. The minimum absolute atomic E-state index is 0.0990. The maximum absolute atomic E-state index is 12.7. The van der Waals surface area contributed by atoms with Crippen LogP contribution in [-0.4, -0.2) is 18.8 Å². The van der Waals surface area contributed by atoms with Gasteiger partial charge >= 0.3 is 0 Å². The fourth-order valence-electron chi connectivity index (χ4n) is 4.08. The van der Waals surface area contributed by atoms with E-state index >= 15 is 0 Å². The van der Waals surface area contributed by atoms with E-state index in [0.29, 0.717) is 17.7 Å². The Morgan fingerprint density at radius 3 is 2.35 bits per heavy atom. The number of hydrogen-bond acceptors (Lipinski definition) is 3. The molecule has 0 amide bonds. The first-order chi connectivity index (χ1) is 14.5. The number of sulfonamides is 1. The van der Waals surface area contributed by atoms with Crippen LogP contribution in [0, 0.1) is 12.3 Å². The third-order valence-corrected chi connectivity index (χ3v) is 7.73. The van der Waals surface area contributed by atoms with Crippen molar-refractivity contribution in [2.75, 3.05) is 4.72 Å². The average Bonchev–Trinajstić information content (AvgIpc) is 3.01. The van der Waals surface area contributed by atoms with Gasteiger partial charge < -0.3 is 4.57 Å². The number of halogens is 2. The van der Waals surface area contributed by atoms with Crippen molar-refractivity contribution in [1.82, 2.24) is 4.57 Å². The second kappa shape index (κ2) is 7.69. The van der Waals surface area contributed by atoms with Gasteiger partial charge in [0.15, 0.2) is 5.78 Å². The first-order valence-electron chi connectivity index (χ1n) is 9.81. The number of anilines is 1. The van der Waals surface area contributed by atoms with E-state index in [1.54, 1.807) is 30.3 Å². The molecular weight excluding hydrogens is 455 g/mol. The number of fused-ring (bicyclic) bond motifs is 1. The smallest absolute Gasteiger partial charge is 0.261 e. The van der Waals surface area contributed by atoms with E-state index in [2.05, 4.69) is 18.6 Å². The third-order valence-electron chi connectivity index (χ3n) is 5.47. The molecule has 0 aliphatic heterocycles. The molecule has 0 saturated heterocycles. The zero-order valence-electron chi connectivity index (χ0n) is 17.4. The van der Waals surface area contributed by atoms with Gasteiger partial charge in [-0.15, -0.1) is 0 Å². The predicted octanol–water partition coefficient (Wildman–Crippen LogP) is 6.05. The molecule has 1 heterocycles. The standard InChI is InChI=1S/C23H22Cl2N2O3S/c1-14-11-16-19(12-23(2,3)13-20(16)28)27(14)18-10-9-17(21(24)22(18)25)26-31(29,30)15-7-5-4-6-8-15/h4-11,26H,12-13H2,1-3H3. The Morgan fingerprint density at radius 1 is 1.00 bits per heavy atom. The number of rotatable bonds is 4. The monoisotopic (exact) mass is 476 g/mol. The summed E-state index contributed by atoms with van der Waals surface area (Å²) in [6.07, 6.45) is 1.22. The molecule has 4 rings (SSSR count). The highest BCUT2D eigenvalue weighted by Crippen LogP contribution is 2.41. The molecule has 2 aromatic carbocycles. The highest BCUT2D eigenvalue weighted by molar-refractivity contribution is 7.92. The van der Waals surface area contributed by atoms with Crippen molar-refractivity contribution in [2.45, 2.75) is 38.5 Å². The molecule has 1 aliphatic rings. The zero-order valence-corrected chi connectivity index (χ0v) is 19.7. The van der Waals surface area contributed by atoms with Crippen molar-refractivity contribution in [2.24, 2.45) is 5.41 Å². The lowest BCUT2D eigenvalue weighted by atomic mass is 9.76. The lowest BCUT2D eigenvalue weighted by Gasteiger charge is -2.30. The highest BCUT2D eigenvalue weighted by Gasteiger charge is 2.34. The number of Topliss-reactive ketones (excluding diaryl/α,β-unsaturated/α-hetero) is 1. The quantitative estimate of drug-likeness (QED) is 0.498. The number of hydrogen-bond donors (Lipinski definition) is 1. The van der Waals surface area contributed by atoms with Crippen molar-refractivity contribution in [1.29, 1.82) is 0 Å². The first-order valence-corrected chi connectivity index (χ1v) is 12.0. The van der Waals surface area contributed by atoms with E-state index in [9.17, 15) is 13.2 Å². The van der Waals surface area contributed by atoms with Crippen LogP contribution in [0.2, 0.25) is 10.0 Å². The summed E-state index contributed by atoms with van der Waals surface area (Å²) in [4.78, 5) is 12.8. The molecule has 1 N–H and O–H groups in total. The van der Waals surface area contributed by atoms with Crippen LogP contribution in [0.4, 0.5) is 5.69 Å². The summed E-state index contributed by atoms with van der Waals surface area (Å²) in [5.74, 6) is 0.113. The number of ketones is 1. The van der Waals surface area contributed by atoms with Crippen molar-refractivity contribution < 1.29 is 13.2 Å². The van der Waals surface area contributed by atoms with Crippen molar-refractivity contribution in [3.63, 3.8) is 0 Å². The molecule has 5 nitrogen and oxygen atoms in total. The number of nitrogens with one attached hydrogen (secondary N) is 1. The number of nitrogens with zero attached hydrogens (tertiary/aromatic N) is 1. The van der Waals surface area contributed by atoms with Gasteiger partial charge in [0, 0.05) is 23.4 Å². The summed E-state index contributed by atoms with van der Waals surface area (Å²) < 4.78 is 29.8. The Kier molecular flexibility index (Phi) is 5.44. The largest absolute Gasteiger partial charge is 0.316 e.